The van der Waals surface area contributed by atoms with Crippen LogP contribution in [0.4, 0.5) is 0 Å². The number of nitrogens with zero attached hydrogens (tertiary/aromatic N) is 3. The molecule has 2 aliphatic rings. The quantitative estimate of drug-likeness (QED) is 0.625. The van der Waals surface area contributed by atoms with Gasteiger partial charge >= 0.3 is 0 Å². The van der Waals surface area contributed by atoms with E-state index in [1.807, 2.05) is 56.2 Å². The summed E-state index contributed by atoms with van der Waals surface area (Å²) in [4.78, 5) is 30.6. The zero-order valence-corrected chi connectivity index (χ0v) is 20.9. The van der Waals surface area contributed by atoms with Gasteiger partial charge in [0.25, 0.3) is 0 Å². The first-order chi connectivity index (χ1) is 14.6. The van der Waals surface area contributed by atoms with Gasteiger partial charge in [0.1, 0.15) is 0 Å². The van der Waals surface area contributed by atoms with Crippen LogP contribution >= 0.6 is 15.9 Å². The summed E-state index contributed by atoms with van der Waals surface area (Å²) in [6.45, 7) is 12.1. The highest BCUT2D eigenvalue weighted by Gasteiger charge is 2.39. The Labute approximate surface area is 193 Å². The largest absolute Gasteiger partial charge is 0.343 e. The van der Waals surface area contributed by atoms with E-state index in [2.05, 4.69) is 40.0 Å². The molecule has 2 heterocycles. The molecule has 1 aromatic carbocycles. The van der Waals surface area contributed by atoms with E-state index in [-0.39, 0.29) is 23.8 Å². The molecule has 0 fully saturated rings. The summed E-state index contributed by atoms with van der Waals surface area (Å²) in [5.74, 6) is 0.131. The van der Waals surface area contributed by atoms with Crippen LogP contribution in [-0.2, 0) is 11.2 Å². The van der Waals surface area contributed by atoms with Gasteiger partial charge in [0.15, 0.2) is 0 Å². The molecular formula is C25H32BrN3O2. The van der Waals surface area contributed by atoms with E-state index < -0.39 is 5.41 Å². The minimum atomic E-state index is -0.486. The Morgan fingerprint density at radius 1 is 1.19 bits per heavy atom. The molecule has 0 saturated carbocycles. The van der Waals surface area contributed by atoms with Crippen LogP contribution in [0.5, 0.6) is 0 Å². The summed E-state index contributed by atoms with van der Waals surface area (Å²) >= 11 is 3.77. The van der Waals surface area contributed by atoms with Gasteiger partial charge in [0, 0.05) is 36.5 Å². The monoisotopic (exact) mass is 485 g/mol. The van der Waals surface area contributed by atoms with Gasteiger partial charge < -0.3 is 4.90 Å². The maximum Gasteiger partial charge on any atom is 0.237 e. The summed E-state index contributed by atoms with van der Waals surface area (Å²) in [6, 6.07) is 6.40. The molecule has 0 bridgehead atoms. The molecule has 2 aromatic rings. The normalized spacial score (nSPS) is 21.1. The number of carbonyl (C=O) groups is 2. The summed E-state index contributed by atoms with van der Waals surface area (Å²) in [6.07, 6.45) is 3.02. The molecule has 2 unspecified atom stereocenters. The minimum absolute atomic E-state index is 0.0783. The van der Waals surface area contributed by atoms with E-state index in [9.17, 15) is 9.59 Å². The van der Waals surface area contributed by atoms with Crippen molar-refractivity contribution in [1.82, 2.24) is 14.4 Å². The van der Waals surface area contributed by atoms with E-state index in [1.165, 1.54) is 11.1 Å². The van der Waals surface area contributed by atoms with Crippen molar-refractivity contribution in [3.8, 4) is 0 Å². The molecule has 2 atom stereocenters. The number of aromatic nitrogens is 1. The number of hydrogen-bond donors (Lipinski definition) is 0. The van der Waals surface area contributed by atoms with Crippen LogP contribution in [0.15, 0.2) is 28.9 Å². The molecule has 0 spiro atoms. The van der Waals surface area contributed by atoms with Crippen LogP contribution in [0, 0.1) is 11.3 Å². The number of amides is 1. The molecule has 166 valence electrons. The standard InChI is InChI=1S/C25H32BrN3O2/c1-7-28(8-2)23(30)15-12-17-16-10-9-11-19-21(16)18(13-20(17)27(6)14-15)22(26)29(19)24(31)25(3,4)5/h9-12,15,20H,7-8,13-14H2,1-6H3. The summed E-state index contributed by atoms with van der Waals surface area (Å²) in [5, 5.41) is 1.14. The van der Waals surface area contributed by atoms with Gasteiger partial charge in [-0.25, -0.2) is 0 Å². The zero-order valence-electron chi connectivity index (χ0n) is 19.3. The first-order valence-corrected chi connectivity index (χ1v) is 12.0. The summed E-state index contributed by atoms with van der Waals surface area (Å²) in [5.41, 5.74) is 4.00. The van der Waals surface area contributed by atoms with Crippen LogP contribution in [0.1, 0.15) is 50.5 Å². The molecule has 1 aliphatic heterocycles. The number of rotatable bonds is 3. The van der Waals surface area contributed by atoms with E-state index in [0.717, 1.165) is 40.6 Å². The van der Waals surface area contributed by atoms with E-state index in [0.29, 0.717) is 6.54 Å². The van der Waals surface area contributed by atoms with Crippen molar-refractivity contribution in [2.45, 2.75) is 47.1 Å². The average Bonchev–Trinajstić information content (AvgIpc) is 3.00. The van der Waals surface area contributed by atoms with Crippen LogP contribution < -0.4 is 0 Å². The van der Waals surface area contributed by atoms with Crippen molar-refractivity contribution < 1.29 is 9.59 Å². The smallest absolute Gasteiger partial charge is 0.237 e. The fourth-order valence-electron chi connectivity index (χ4n) is 5.05. The first-order valence-electron chi connectivity index (χ1n) is 11.2. The summed E-state index contributed by atoms with van der Waals surface area (Å²) in [7, 11) is 2.11. The second-order valence-corrected chi connectivity index (χ2v) is 10.5. The van der Waals surface area contributed by atoms with Crippen molar-refractivity contribution in [2.75, 3.05) is 26.7 Å². The average molecular weight is 486 g/mol. The lowest BCUT2D eigenvalue weighted by molar-refractivity contribution is -0.134. The molecule has 0 N–H and O–H groups in total. The van der Waals surface area contributed by atoms with Crippen LogP contribution in [0.2, 0.25) is 0 Å². The summed E-state index contributed by atoms with van der Waals surface area (Å²) < 4.78 is 2.70. The minimum Gasteiger partial charge on any atom is -0.343 e. The third kappa shape index (κ3) is 3.48. The Balaban J connectivity index is 1.89. The highest BCUT2D eigenvalue weighted by atomic mass is 79.9. The third-order valence-corrected chi connectivity index (χ3v) is 7.57. The molecule has 1 aliphatic carbocycles. The van der Waals surface area contributed by atoms with Crippen LogP contribution in [0.3, 0.4) is 0 Å². The highest BCUT2D eigenvalue weighted by molar-refractivity contribution is 9.10. The predicted octanol–water partition coefficient (Wildman–Crippen LogP) is 4.83. The van der Waals surface area contributed by atoms with Crippen molar-refractivity contribution in [3.63, 3.8) is 0 Å². The molecular weight excluding hydrogens is 454 g/mol. The molecule has 1 amide bonds. The van der Waals surface area contributed by atoms with Gasteiger partial charge in [0.2, 0.25) is 11.8 Å². The lowest BCUT2D eigenvalue weighted by atomic mass is 9.79. The first kappa shape index (κ1) is 22.3. The predicted molar refractivity (Wildman–Crippen MR) is 129 cm³/mol. The second-order valence-electron chi connectivity index (χ2n) is 9.76. The van der Waals surface area contributed by atoms with E-state index >= 15 is 0 Å². The second kappa shape index (κ2) is 7.89. The highest BCUT2D eigenvalue weighted by Crippen LogP contribution is 2.45. The Bertz CT molecular complexity index is 1090. The van der Waals surface area contributed by atoms with Crippen LogP contribution in [0.25, 0.3) is 16.5 Å². The Hall–Kier alpha value is -1.92. The van der Waals surface area contributed by atoms with E-state index in [4.69, 9.17) is 0 Å². The van der Waals surface area contributed by atoms with Gasteiger partial charge in [-0.15, -0.1) is 0 Å². The molecule has 1 aromatic heterocycles. The molecule has 4 rings (SSSR count). The van der Waals surface area contributed by atoms with Gasteiger partial charge in [-0.05, 0) is 66.0 Å². The Kier molecular flexibility index (Phi) is 5.67. The van der Waals surface area contributed by atoms with Gasteiger partial charge in [-0.3, -0.25) is 19.1 Å². The van der Waals surface area contributed by atoms with Gasteiger partial charge in [0.05, 0.1) is 16.0 Å². The van der Waals surface area contributed by atoms with Gasteiger partial charge in [-0.2, -0.15) is 0 Å². The fourth-order valence-corrected chi connectivity index (χ4v) is 5.76. The number of fused-ring (bicyclic) bond motifs is 2. The lowest BCUT2D eigenvalue weighted by Crippen LogP contribution is -2.47. The number of benzene rings is 1. The zero-order chi connectivity index (χ0) is 22.7. The van der Waals surface area contributed by atoms with Crippen molar-refractivity contribution in [1.29, 1.82) is 0 Å². The Morgan fingerprint density at radius 2 is 1.87 bits per heavy atom. The molecule has 31 heavy (non-hydrogen) atoms. The van der Waals surface area contributed by atoms with Crippen molar-refractivity contribution in [2.24, 2.45) is 11.3 Å². The van der Waals surface area contributed by atoms with E-state index in [1.54, 1.807) is 0 Å². The third-order valence-electron chi connectivity index (χ3n) is 6.73. The fraction of sp³-hybridized carbons (Fsp3) is 0.520. The number of hydrogen-bond acceptors (Lipinski definition) is 3. The van der Waals surface area contributed by atoms with Crippen molar-refractivity contribution >= 4 is 44.2 Å². The number of halogens is 1. The number of carbonyl (C=O) groups excluding carboxylic acids is 2. The topological polar surface area (TPSA) is 45.6 Å². The maximum absolute atomic E-state index is 13.3. The molecule has 0 radical (unpaired) electrons. The lowest BCUT2D eigenvalue weighted by Gasteiger charge is -2.40. The van der Waals surface area contributed by atoms with Gasteiger partial charge in [-0.1, -0.05) is 39.0 Å². The van der Waals surface area contributed by atoms with Crippen molar-refractivity contribution in [3.05, 3.63) is 40.0 Å². The maximum atomic E-state index is 13.3. The molecule has 5 nitrogen and oxygen atoms in total. The molecule has 6 heteroatoms. The Morgan fingerprint density at radius 3 is 2.48 bits per heavy atom. The SMILES string of the molecule is CCN(CC)C(=O)C1C=C2c3cccc4c3c(c(Br)n4C(=O)C(C)(C)C)CC2N(C)C1. The molecule has 0 saturated heterocycles. The number of likely N-dealkylation sites (N-methyl/N-ethyl adjacent to an activating group) is 1. The van der Waals surface area contributed by atoms with Crippen LogP contribution in [-0.4, -0.2) is 58.9 Å².